The zero-order valence-electron chi connectivity index (χ0n) is 15.6. The predicted octanol–water partition coefficient (Wildman–Crippen LogP) is 3.10. The summed E-state index contributed by atoms with van der Waals surface area (Å²) in [6, 6.07) is 7.96. The first-order valence-corrected chi connectivity index (χ1v) is 9.46. The average Bonchev–Trinajstić information content (AvgIpc) is 3.15. The van der Waals surface area contributed by atoms with Crippen LogP contribution in [0.4, 0.5) is 11.6 Å². The maximum atomic E-state index is 4.49. The van der Waals surface area contributed by atoms with Crippen LogP contribution in [-0.4, -0.2) is 42.9 Å². The number of pyridine rings is 1. The molecule has 0 aromatic carbocycles. The third-order valence-corrected chi connectivity index (χ3v) is 4.92. The van der Waals surface area contributed by atoms with Gasteiger partial charge in [-0.1, -0.05) is 6.07 Å². The van der Waals surface area contributed by atoms with Gasteiger partial charge >= 0.3 is 0 Å². The number of likely N-dealkylation sites (tertiary alicyclic amines) is 1. The smallest absolute Gasteiger partial charge is 0.135 e. The summed E-state index contributed by atoms with van der Waals surface area (Å²) in [5.74, 6) is 2.22. The summed E-state index contributed by atoms with van der Waals surface area (Å²) < 4.78 is 0. The van der Waals surface area contributed by atoms with E-state index in [0.29, 0.717) is 5.92 Å². The van der Waals surface area contributed by atoms with E-state index in [1.807, 2.05) is 37.4 Å². The summed E-state index contributed by atoms with van der Waals surface area (Å²) in [7, 11) is 0. The number of hydrogen-bond donors (Lipinski definition) is 2. The standard InChI is InChI=1S/C20H25N7/c1-15-4-2-6-19(25-15)26-20-9-17(23-14-24-20)8-16-5-3-7-27(11-16)12-18-10-21-13-22-18/h2,4,6,9-10,13-14,16H,3,5,7-8,11-12H2,1H3,(H,21,22)(H,23,24,25,26)/t16-/m1/s1. The molecule has 1 atom stereocenters. The van der Waals surface area contributed by atoms with Crippen molar-refractivity contribution >= 4 is 11.6 Å². The Hall–Kier alpha value is -2.80. The van der Waals surface area contributed by atoms with Gasteiger partial charge in [0.2, 0.25) is 0 Å². The molecule has 4 rings (SSSR count). The molecule has 0 amide bonds. The van der Waals surface area contributed by atoms with E-state index < -0.39 is 0 Å². The van der Waals surface area contributed by atoms with Crippen molar-refractivity contribution in [3.63, 3.8) is 0 Å². The lowest BCUT2D eigenvalue weighted by atomic mass is 9.93. The molecule has 7 nitrogen and oxygen atoms in total. The van der Waals surface area contributed by atoms with Crippen molar-refractivity contribution < 1.29 is 0 Å². The lowest BCUT2D eigenvalue weighted by molar-refractivity contribution is 0.165. The number of piperidine rings is 1. The normalized spacial score (nSPS) is 17.7. The molecule has 1 aliphatic heterocycles. The van der Waals surface area contributed by atoms with Crippen LogP contribution in [0.15, 0.2) is 43.1 Å². The van der Waals surface area contributed by atoms with Gasteiger partial charge < -0.3 is 10.3 Å². The number of nitrogens with one attached hydrogen (secondary N) is 2. The first-order chi connectivity index (χ1) is 13.2. The maximum absolute atomic E-state index is 4.49. The van der Waals surface area contributed by atoms with E-state index in [9.17, 15) is 0 Å². The van der Waals surface area contributed by atoms with Gasteiger partial charge in [0.1, 0.15) is 18.0 Å². The van der Waals surface area contributed by atoms with Gasteiger partial charge in [0.05, 0.1) is 6.33 Å². The number of imidazole rings is 1. The van der Waals surface area contributed by atoms with Crippen molar-refractivity contribution in [3.8, 4) is 0 Å². The summed E-state index contributed by atoms with van der Waals surface area (Å²) >= 11 is 0. The van der Waals surface area contributed by atoms with Gasteiger partial charge in [-0.05, 0) is 50.8 Å². The lowest BCUT2D eigenvalue weighted by Gasteiger charge is -2.32. The Morgan fingerprint density at radius 1 is 1.26 bits per heavy atom. The molecule has 0 aliphatic carbocycles. The van der Waals surface area contributed by atoms with Gasteiger partial charge in [0.25, 0.3) is 0 Å². The summed E-state index contributed by atoms with van der Waals surface area (Å²) in [5, 5.41) is 3.28. The van der Waals surface area contributed by atoms with E-state index in [4.69, 9.17) is 0 Å². The van der Waals surface area contributed by atoms with Crippen molar-refractivity contribution in [2.24, 2.45) is 5.92 Å². The molecule has 0 spiro atoms. The van der Waals surface area contributed by atoms with E-state index in [2.05, 4.69) is 35.1 Å². The average molecular weight is 363 g/mol. The summed E-state index contributed by atoms with van der Waals surface area (Å²) in [4.78, 5) is 23.1. The Balaban J connectivity index is 1.37. The zero-order chi connectivity index (χ0) is 18.5. The van der Waals surface area contributed by atoms with Gasteiger partial charge in [-0.15, -0.1) is 0 Å². The zero-order valence-corrected chi connectivity index (χ0v) is 15.6. The highest BCUT2D eigenvalue weighted by atomic mass is 15.1. The molecule has 4 heterocycles. The van der Waals surface area contributed by atoms with E-state index in [1.165, 1.54) is 18.5 Å². The molecule has 3 aromatic heterocycles. The van der Waals surface area contributed by atoms with Gasteiger partial charge in [-0.3, -0.25) is 4.90 Å². The third-order valence-electron chi connectivity index (χ3n) is 4.92. The highest BCUT2D eigenvalue weighted by molar-refractivity contribution is 5.51. The van der Waals surface area contributed by atoms with Crippen molar-refractivity contribution in [3.05, 3.63) is 60.2 Å². The number of rotatable bonds is 6. The van der Waals surface area contributed by atoms with E-state index in [1.54, 1.807) is 12.7 Å². The largest absolute Gasteiger partial charge is 0.347 e. The van der Waals surface area contributed by atoms with Crippen LogP contribution < -0.4 is 5.32 Å². The van der Waals surface area contributed by atoms with Crippen molar-refractivity contribution in [2.75, 3.05) is 18.4 Å². The molecule has 3 aromatic rings. The number of anilines is 2. The maximum Gasteiger partial charge on any atom is 0.135 e. The fraction of sp³-hybridized carbons (Fsp3) is 0.400. The summed E-state index contributed by atoms with van der Waals surface area (Å²) in [6.45, 7) is 5.15. The number of aromatic nitrogens is 5. The number of aryl methyl sites for hydroxylation is 1. The fourth-order valence-corrected chi connectivity index (χ4v) is 3.69. The fourth-order valence-electron chi connectivity index (χ4n) is 3.69. The van der Waals surface area contributed by atoms with Crippen LogP contribution in [0.25, 0.3) is 0 Å². The molecule has 0 radical (unpaired) electrons. The molecular weight excluding hydrogens is 338 g/mol. The number of H-pyrrole nitrogens is 1. The Bertz CT molecular complexity index is 862. The highest BCUT2D eigenvalue weighted by Crippen LogP contribution is 2.22. The molecule has 0 saturated carbocycles. The predicted molar refractivity (Wildman–Crippen MR) is 105 cm³/mol. The first-order valence-electron chi connectivity index (χ1n) is 9.46. The van der Waals surface area contributed by atoms with Crippen LogP contribution in [0.1, 0.15) is 29.9 Å². The third kappa shape index (κ3) is 4.89. The Kier molecular flexibility index (Phi) is 5.39. The first kappa shape index (κ1) is 17.6. The van der Waals surface area contributed by atoms with E-state index in [-0.39, 0.29) is 0 Å². The van der Waals surface area contributed by atoms with Crippen LogP contribution in [0.2, 0.25) is 0 Å². The Morgan fingerprint density at radius 2 is 2.22 bits per heavy atom. The molecule has 2 N–H and O–H groups in total. The Morgan fingerprint density at radius 3 is 3.07 bits per heavy atom. The molecule has 7 heteroatoms. The minimum Gasteiger partial charge on any atom is -0.347 e. The van der Waals surface area contributed by atoms with Crippen molar-refractivity contribution in [2.45, 2.75) is 32.7 Å². The second kappa shape index (κ2) is 8.26. The monoisotopic (exact) mass is 363 g/mol. The molecule has 0 bridgehead atoms. The molecule has 0 unspecified atom stereocenters. The van der Waals surface area contributed by atoms with Gasteiger partial charge in [-0.25, -0.2) is 19.9 Å². The van der Waals surface area contributed by atoms with Crippen molar-refractivity contribution in [1.82, 2.24) is 29.8 Å². The number of hydrogen-bond acceptors (Lipinski definition) is 6. The minimum atomic E-state index is 0.613. The second-order valence-electron chi connectivity index (χ2n) is 7.21. The SMILES string of the molecule is Cc1cccc(Nc2cc(C[C@H]3CCCN(Cc4cnc[nH]4)C3)ncn2)n1. The second-order valence-corrected chi connectivity index (χ2v) is 7.21. The van der Waals surface area contributed by atoms with Gasteiger partial charge in [-0.2, -0.15) is 0 Å². The van der Waals surface area contributed by atoms with Crippen LogP contribution in [-0.2, 0) is 13.0 Å². The molecular formula is C20H25N7. The molecule has 140 valence electrons. The lowest BCUT2D eigenvalue weighted by Crippen LogP contribution is -2.35. The molecule has 1 fully saturated rings. The highest BCUT2D eigenvalue weighted by Gasteiger charge is 2.21. The van der Waals surface area contributed by atoms with Crippen LogP contribution >= 0.6 is 0 Å². The van der Waals surface area contributed by atoms with Gasteiger partial charge in [0, 0.05) is 42.4 Å². The number of aromatic amines is 1. The van der Waals surface area contributed by atoms with Crippen LogP contribution in [0.5, 0.6) is 0 Å². The summed E-state index contributed by atoms with van der Waals surface area (Å²) in [6.07, 6.45) is 8.73. The van der Waals surface area contributed by atoms with Crippen LogP contribution in [0, 0.1) is 12.8 Å². The number of nitrogens with zero attached hydrogens (tertiary/aromatic N) is 5. The minimum absolute atomic E-state index is 0.613. The molecule has 1 saturated heterocycles. The van der Waals surface area contributed by atoms with E-state index >= 15 is 0 Å². The van der Waals surface area contributed by atoms with Crippen molar-refractivity contribution in [1.29, 1.82) is 0 Å². The topological polar surface area (TPSA) is 82.6 Å². The van der Waals surface area contributed by atoms with Gasteiger partial charge in [0.15, 0.2) is 0 Å². The summed E-state index contributed by atoms with van der Waals surface area (Å²) in [5.41, 5.74) is 3.23. The molecule has 1 aliphatic rings. The van der Waals surface area contributed by atoms with Crippen LogP contribution in [0.3, 0.4) is 0 Å². The molecule has 27 heavy (non-hydrogen) atoms. The quantitative estimate of drug-likeness (QED) is 0.700. The Labute approximate surface area is 159 Å². The van der Waals surface area contributed by atoms with E-state index in [0.717, 1.165) is 49.1 Å².